The van der Waals surface area contributed by atoms with Gasteiger partial charge < -0.3 is 10.4 Å². The van der Waals surface area contributed by atoms with Gasteiger partial charge in [0, 0.05) is 0 Å². The number of amides is 2. The first-order valence-electron chi connectivity index (χ1n) is 6.08. The standard InChI is InChI=1S/C13H16N2O2/c16-11-6-2-1-5-10(11)15-9-13(14-12(15)17)7-3-4-8-13/h1-2,5-6,16H,3-4,7-9H2,(H,14,17). The van der Waals surface area contributed by atoms with Crippen molar-refractivity contribution in [3.8, 4) is 5.75 Å². The van der Waals surface area contributed by atoms with Gasteiger partial charge >= 0.3 is 6.03 Å². The number of nitrogens with zero attached hydrogens (tertiary/aromatic N) is 1. The molecule has 0 radical (unpaired) electrons. The third kappa shape index (κ3) is 1.64. The van der Waals surface area contributed by atoms with Crippen LogP contribution in [0.1, 0.15) is 25.7 Å². The fourth-order valence-corrected chi connectivity index (χ4v) is 2.93. The molecule has 1 aliphatic carbocycles. The highest BCUT2D eigenvalue weighted by atomic mass is 16.3. The van der Waals surface area contributed by atoms with E-state index in [0.29, 0.717) is 12.2 Å². The summed E-state index contributed by atoms with van der Waals surface area (Å²) in [6.45, 7) is 0.670. The van der Waals surface area contributed by atoms with Crippen molar-refractivity contribution in [2.75, 3.05) is 11.4 Å². The molecule has 0 atom stereocenters. The molecule has 1 saturated heterocycles. The summed E-state index contributed by atoms with van der Waals surface area (Å²) in [4.78, 5) is 13.6. The average Bonchev–Trinajstić information content (AvgIpc) is 2.88. The number of benzene rings is 1. The van der Waals surface area contributed by atoms with Crippen LogP contribution in [0.5, 0.6) is 5.75 Å². The fraction of sp³-hybridized carbons (Fsp3) is 0.462. The van der Waals surface area contributed by atoms with Crippen molar-refractivity contribution in [1.82, 2.24) is 5.32 Å². The number of para-hydroxylation sites is 2. The summed E-state index contributed by atoms with van der Waals surface area (Å²) < 4.78 is 0. The lowest BCUT2D eigenvalue weighted by Gasteiger charge is -2.22. The zero-order valence-electron chi connectivity index (χ0n) is 9.65. The van der Waals surface area contributed by atoms with Crippen molar-refractivity contribution in [3.05, 3.63) is 24.3 Å². The van der Waals surface area contributed by atoms with E-state index in [2.05, 4.69) is 5.32 Å². The van der Waals surface area contributed by atoms with Gasteiger partial charge in [-0.3, -0.25) is 4.90 Å². The molecule has 90 valence electrons. The van der Waals surface area contributed by atoms with Crippen LogP contribution in [0.4, 0.5) is 10.5 Å². The Morgan fingerprint density at radius 1 is 1.24 bits per heavy atom. The Bertz CT molecular complexity index is 452. The van der Waals surface area contributed by atoms with E-state index >= 15 is 0 Å². The monoisotopic (exact) mass is 232 g/mol. The van der Waals surface area contributed by atoms with Crippen molar-refractivity contribution in [1.29, 1.82) is 0 Å². The number of rotatable bonds is 1. The van der Waals surface area contributed by atoms with E-state index in [1.165, 1.54) is 12.8 Å². The maximum atomic E-state index is 12.0. The molecule has 0 bridgehead atoms. The summed E-state index contributed by atoms with van der Waals surface area (Å²) in [5, 5.41) is 12.9. The van der Waals surface area contributed by atoms with E-state index in [1.54, 1.807) is 23.1 Å². The molecule has 1 saturated carbocycles. The predicted molar refractivity (Wildman–Crippen MR) is 65.2 cm³/mol. The molecule has 4 nitrogen and oxygen atoms in total. The highest BCUT2D eigenvalue weighted by Crippen LogP contribution is 2.37. The Hall–Kier alpha value is -1.71. The maximum Gasteiger partial charge on any atom is 0.322 e. The molecular weight excluding hydrogens is 216 g/mol. The van der Waals surface area contributed by atoms with Crippen molar-refractivity contribution in [2.45, 2.75) is 31.2 Å². The van der Waals surface area contributed by atoms with Crippen LogP contribution in [0, 0.1) is 0 Å². The fourth-order valence-electron chi connectivity index (χ4n) is 2.93. The second-order valence-electron chi connectivity index (χ2n) is 4.99. The van der Waals surface area contributed by atoms with Crippen molar-refractivity contribution >= 4 is 11.7 Å². The first kappa shape index (κ1) is 10.4. The lowest BCUT2D eigenvalue weighted by molar-refractivity contribution is 0.247. The molecule has 1 aromatic carbocycles. The number of phenols is 1. The molecule has 3 rings (SSSR count). The molecule has 0 aromatic heterocycles. The maximum absolute atomic E-state index is 12.0. The molecule has 0 unspecified atom stereocenters. The van der Waals surface area contributed by atoms with Gasteiger partial charge in [0.2, 0.25) is 0 Å². The Kier molecular flexibility index (Phi) is 2.24. The molecule has 1 aromatic rings. The summed E-state index contributed by atoms with van der Waals surface area (Å²) in [6.07, 6.45) is 4.44. The van der Waals surface area contributed by atoms with Gasteiger partial charge in [-0.1, -0.05) is 25.0 Å². The van der Waals surface area contributed by atoms with Gasteiger partial charge in [0.15, 0.2) is 0 Å². The number of carbonyl (C=O) groups is 1. The summed E-state index contributed by atoms with van der Waals surface area (Å²) in [7, 11) is 0. The quantitative estimate of drug-likeness (QED) is 0.780. The summed E-state index contributed by atoms with van der Waals surface area (Å²) >= 11 is 0. The Morgan fingerprint density at radius 2 is 1.94 bits per heavy atom. The SMILES string of the molecule is O=C1NC2(CCCC2)CN1c1ccccc1O. The Labute approximate surface area is 100 Å². The summed E-state index contributed by atoms with van der Waals surface area (Å²) in [6, 6.07) is 6.90. The molecule has 2 aliphatic rings. The van der Waals surface area contributed by atoms with Gasteiger partial charge in [-0.05, 0) is 25.0 Å². The minimum atomic E-state index is -0.0894. The lowest BCUT2D eigenvalue weighted by Crippen LogP contribution is -2.40. The van der Waals surface area contributed by atoms with Crippen molar-refractivity contribution in [3.63, 3.8) is 0 Å². The molecule has 17 heavy (non-hydrogen) atoms. The lowest BCUT2D eigenvalue weighted by atomic mass is 9.99. The summed E-state index contributed by atoms with van der Waals surface area (Å²) in [5.74, 6) is 0.165. The van der Waals surface area contributed by atoms with Gasteiger partial charge in [-0.2, -0.15) is 0 Å². The molecule has 2 amide bonds. The van der Waals surface area contributed by atoms with Crippen LogP contribution in [-0.4, -0.2) is 23.2 Å². The number of hydrogen-bond donors (Lipinski definition) is 2. The zero-order valence-corrected chi connectivity index (χ0v) is 9.65. The highest BCUT2D eigenvalue weighted by molar-refractivity contribution is 5.96. The molecule has 1 aliphatic heterocycles. The van der Waals surface area contributed by atoms with Crippen LogP contribution in [0.2, 0.25) is 0 Å². The molecule has 2 N–H and O–H groups in total. The van der Waals surface area contributed by atoms with Gasteiger partial charge in [-0.25, -0.2) is 4.79 Å². The van der Waals surface area contributed by atoms with E-state index < -0.39 is 0 Å². The average molecular weight is 232 g/mol. The van der Waals surface area contributed by atoms with Crippen LogP contribution in [0.25, 0.3) is 0 Å². The smallest absolute Gasteiger partial charge is 0.322 e. The predicted octanol–water partition coefficient (Wildman–Crippen LogP) is 2.23. The van der Waals surface area contributed by atoms with E-state index in [0.717, 1.165) is 12.8 Å². The molecular formula is C13H16N2O2. The third-order valence-electron chi connectivity index (χ3n) is 3.81. The van der Waals surface area contributed by atoms with Gasteiger partial charge in [0.1, 0.15) is 5.75 Å². The summed E-state index contributed by atoms with van der Waals surface area (Å²) in [5.41, 5.74) is 0.549. The van der Waals surface area contributed by atoms with Gasteiger partial charge in [0.05, 0.1) is 17.8 Å². The Morgan fingerprint density at radius 3 is 2.65 bits per heavy atom. The molecule has 2 fully saturated rings. The van der Waals surface area contributed by atoms with E-state index in [4.69, 9.17) is 0 Å². The van der Waals surface area contributed by atoms with E-state index in [-0.39, 0.29) is 17.3 Å². The van der Waals surface area contributed by atoms with Crippen molar-refractivity contribution in [2.24, 2.45) is 0 Å². The number of anilines is 1. The van der Waals surface area contributed by atoms with E-state index in [9.17, 15) is 9.90 Å². The second kappa shape index (κ2) is 3.65. The second-order valence-corrected chi connectivity index (χ2v) is 4.99. The molecule has 1 spiro atoms. The number of hydrogen-bond acceptors (Lipinski definition) is 2. The molecule has 4 heteroatoms. The van der Waals surface area contributed by atoms with Gasteiger partial charge in [-0.15, -0.1) is 0 Å². The number of urea groups is 1. The minimum absolute atomic E-state index is 0.0562. The minimum Gasteiger partial charge on any atom is -0.506 e. The number of phenolic OH excluding ortho intramolecular Hbond substituents is 1. The van der Waals surface area contributed by atoms with E-state index in [1.807, 2.05) is 6.07 Å². The van der Waals surface area contributed by atoms with Gasteiger partial charge in [0.25, 0.3) is 0 Å². The normalized spacial score (nSPS) is 22.1. The topological polar surface area (TPSA) is 52.6 Å². The molecule has 1 heterocycles. The number of nitrogens with one attached hydrogen (secondary N) is 1. The van der Waals surface area contributed by atoms with Crippen LogP contribution < -0.4 is 10.2 Å². The van der Waals surface area contributed by atoms with Crippen molar-refractivity contribution < 1.29 is 9.90 Å². The number of carbonyl (C=O) groups excluding carboxylic acids is 1. The first-order chi connectivity index (χ1) is 8.20. The van der Waals surface area contributed by atoms with Crippen LogP contribution in [0.3, 0.4) is 0 Å². The van der Waals surface area contributed by atoms with Crippen LogP contribution in [0.15, 0.2) is 24.3 Å². The largest absolute Gasteiger partial charge is 0.506 e. The van der Waals surface area contributed by atoms with Crippen LogP contribution >= 0.6 is 0 Å². The zero-order chi connectivity index (χ0) is 11.9. The van der Waals surface area contributed by atoms with Crippen LogP contribution in [-0.2, 0) is 0 Å². The number of aromatic hydroxyl groups is 1. The third-order valence-corrected chi connectivity index (χ3v) is 3.81. The highest BCUT2D eigenvalue weighted by Gasteiger charge is 2.45. The Balaban J connectivity index is 1.90. The first-order valence-corrected chi connectivity index (χ1v) is 6.08.